The second-order valence-corrected chi connectivity index (χ2v) is 8.77. The molecular formula is C21H26N2O5S. The van der Waals surface area contributed by atoms with E-state index in [1.54, 1.807) is 58.0 Å². The van der Waals surface area contributed by atoms with Crippen LogP contribution in [0.3, 0.4) is 0 Å². The van der Waals surface area contributed by atoms with Crippen LogP contribution in [0.4, 0.5) is 5.69 Å². The summed E-state index contributed by atoms with van der Waals surface area (Å²) in [6.07, 6.45) is -1.34. The van der Waals surface area contributed by atoms with Crippen LogP contribution in [-0.2, 0) is 14.8 Å². The maximum absolute atomic E-state index is 12.9. The Bertz CT molecular complexity index is 1000. The van der Waals surface area contributed by atoms with Crippen LogP contribution in [0.5, 0.6) is 11.5 Å². The summed E-state index contributed by atoms with van der Waals surface area (Å²) in [5.74, 6) is 0.688. The molecule has 0 spiro atoms. The maximum Gasteiger partial charge on any atom is 0.269 e. The van der Waals surface area contributed by atoms with E-state index in [-0.39, 0.29) is 4.90 Å². The lowest BCUT2D eigenvalue weighted by molar-refractivity contribution is -0.128. The lowest BCUT2D eigenvalue weighted by Crippen LogP contribution is -2.46. The first kappa shape index (κ1) is 21.1. The van der Waals surface area contributed by atoms with Crippen molar-refractivity contribution in [3.63, 3.8) is 0 Å². The summed E-state index contributed by atoms with van der Waals surface area (Å²) in [5.41, 5.74) is 1.01. The molecule has 7 nitrogen and oxygen atoms in total. The van der Waals surface area contributed by atoms with Gasteiger partial charge in [-0.05, 0) is 43.7 Å². The molecule has 0 aromatic heterocycles. The van der Waals surface area contributed by atoms with Crippen molar-refractivity contribution in [2.24, 2.45) is 0 Å². The molecule has 3 rings (SSSR count). The molecule has 1 aliphatic rings. The predicted octanol–water partition coefficient (Wildman–Crippen LogP) is 3.19. The van der Waals surface area contributed by atoms with Crippen LogP contribution in [0, 0.1) is 6.92 Å². The third-order valence-electron chi connectivity index (χ3n) is 4.88. The third-order valence-corrected chi connectivity index (χ3v) is 7.07. The van der Waals surface area contributed by atoms with Gasteiger partial charge in [0.2, 0.25) is 16.1 Å². The summed E-state index contributed by atoms with van der Waals surface area (Å²) >= 11 is 0. The molecule has 0 saturated heterocycles. The minimum atomic E-state index is -3.64. The molecule has 1 amide bonds. The van der Waals surface area contributed by atoms with Gasteiger partial charge in [-0.15, -0.1) is 0 Å². The minimum absolute atomic E-state index is 0.179. The van der Waals surface area contributed by atoms with Crippen LogP contribution in [0.25, 0.3) is 0 Å². The molecule has 2 atom stereocenters. The highest BCUT2D eigenvalue weighted by Crippen LogP contribution is 2.34. The number of anilines is 1. The van der Waals surface area contributed by atoms with E-state index in [2.05, 4.69) is 5.32 Å². The van der Waals surface area contributed by atoms with Gasteiger partial charge in [0, 0.05) is 18.8 Å². The van der Waals surface area contributed by atoms with Crippen molar-refractivity contribution in [1.82, 2.24) is 4.31 Å². The van der Waals surface area contributed by atoms with E-state index in [9.17, 15) is 13.2 Å². The highest BCUT2D eigenvalue weighted by Gasteiger charge is 2.34. The summed E-state index contributed by atoms with van der Waals surface area (Å²) in [6.45, 7) is 7.83. The number of aryl methyl sites for hydroxylation is 1. The normalized spacial score (nSPS) is 18.5. The Hall–Kier alpha value is -2.58. The van der Waals surface area contributed by atoms with Crippen LogP contribution in [-0.4, -0.2) is 43.9 Å². The lowest BCUT2D eigenvalue weighted by Gasteiger charge is -2.31. The van der Waals surface area contributed by atoms with Gasteiger partial charge < -0.3 is 14.8 Å². The second-order valence-electron chi connectivity index (χ2n) is 6.87. The Morgan fingerprint density at radius 3 is 2.31 bits per heavy atom. The van der Waals surface area contributed by atoms with Gasteiger partial charge in [-0.2, -0.15) is 4.31 Å². The molecule has 156 valence electrons. The van der Waals surface area contributed by atoms with E-state index in [1.165, 1.54) is 10.4 Å². The largest absolute Gasteiger partial charge is 0.482 e. The molecule has 0 fully saturated rings. The number of fused-ring (bicyclic) bond motifs is 1. The van der Waals surface area contributed by atoms with Gasteiger partial charge in [-0.3, -0.25) is 4.79 Å². The number of hydrogen-bond acceptors (Lipinski definition) is 5. The number of nitrogens with one attached hydrogen (secondary N) is 1. The number of para-hydroxylation sites is 2. The van der Waals surface area contributed by atoms with Crippen LogP contribution >= 0.6 is 0 Å². The number of nitrogens with zero attached hydrogens (tertiary/aromatic N) is 1. The molecule has 29 heavy (non-hydrogen) atoms. The Balaban J connectivity index is 1.83. The molecule has 2 aromatic rings. The van der Waals surface area contributed by atoms with Crippen molar-refractivity contribution in [2.75, 3.05) is 18.4 Å². The molecular weight excluding hydrogens is 392 g/mol. The van der Waals surface area contributed by atoms with E-state index < -0.39 is 28.1 Å². The first-order chi connectivity index (χ1) is 13.8. The monoisotopic (exact) mass is 418 g/mol. The quantitative estimate of drug-likeness (QED) is 0.779. The summed E-state index contributed by atoms with van der Waals surface area (Å²) in [7, 11) is -3.64. The van der Waals surface area contributed by atoms with Crippen LogP contribution < -0.4 is 14.8 Å². The molecule has 1 N–H and O–H groups in total. The van der Waals surface area contributed by atoms with Crippen molar-refractivity contribution >= 4 is 21.6 Å². The second kappa shape index (κ2) is 8.42. The molecule has 0 radical (unpaired) electrons. The van der Waals surface area contributed by atoms with Crippen LogP contribution in [0.15, 0.2) is 47.4 Å². The number of benzene rings is 2. The zero-order valence-corrected chi connectivity index (χ0v) is 17.8. The van der Waals surface area contributed by atoms with Crippen molar-refractivity contribution in [3.05, 3.63) is 48.0 Å². The Kier molecular flexibility index (Phi) is 6.14. The smallest absolute Gasteiger partial charge is 0.269 e. The van der Waals surface area contributed by atoms with Gasteiger partial charge in [0.1, 0.15) is 6.10 Å². The summed E-state index contributed by atoms with van der Waals surface area (Å²) < 4.78 is 38.8. The van der Waals surface area contributed by atoms with Crippen molar-refractivity contribution in [1.29, 1.82) is 0 Å². The number of amides is 1. The Morgan fingerprint density at radius 1 is 1.07 bits per heavy atom. The number of hydrogen-bond donors (Lipinski definition) is 1. The van der Waals surface area contributed by atoms with E-state index in [0.29, 0.717) is 35.8 Å². The van der Waals surface area contributed by atoms with E-state index in [1.807, 2.05) is 6.07 Å². The fourth-order valence-electron chi connectivity index (χ4n) is 3.28. The zero-order chi connectivity index (χ0) is 21.2. The minimum Gasteiger partial charge on any atom is -0.482 e. The SMILES string of the molecule is CCN(CC)S(=O)(=O)c1cc(NC(=O)C2Oc3ccccc3OC2C)ccc1C. The average Bonchev–Trinajstić information content (AvgIpc) is 2.69. The van der Waals surface area contributed by atoms with Gasteiger partial charge in [-0.25, -0.2) is 8.42 Å². The van der Waals surface area contributed by atoms with Crippen molar-refractivity contribution in [3.8, 4) is 11.5 Å². The lowest BCUT2D eigenvalue weighted by atomic mass is 10.1. The van der Waals surface area contributed by atoms with Crippen molar-refractivity contribution in [2.45, 2.75) is 44.8 Å². The number of rotatable bonds is 6. The molecule has 1 heterocycles. The number of carbonyl (C=O) groups is 1. The molecule has 1 aliphatic heterocycles. The van der Waals surface area contributed by atoms with Gasteiger partial charge in [0.25, 0.3) is 5.91 Å². The first-order valence-electron chi connectivity index (χ1n) is 9.62. The predicted molar refractivity (Wildman–Crippen MR) is 111 cm³/mol. The van der Waals surface area contributed by atoms with E-state index >= 15 is 0 Å². The molecule has 0 bridgehead atoms. The highest BCUT2D eigenvalue weighted by atomic mass is 32.2. The van der Waals surface area contributed by atoms with Gasteiger partial charge >= 0.3 is 0 Å². The summed E-state index contributed by atoms with van der Waals surface area (Å²) in [5, 5.41) is 2.76. The van der Waals surface area contributed by atoms with Gasteiger partial charge in [0.05, 0.1) is 4.90 Å². The average molecular weight is 419 g/mol. The van der Waals surface area contributed by atoms with E-state index in [0.717, 1.165) is 0 Å². The summed E-state index contributed by atoms with van der Waals surface area (Å²) in [4.78, 5) is 13.0. The highest BCUT2D eigenvalue weighted by molar-refractivity contribution is 7.89. The number of carbonyl (C=O) groups excluding carboxylic acids is 1. The van der Waals surface area contributed by atoms with Crippen LogP contribution in [0.2, 0.25) is 0 Å². The van der Waals surface area contributed by atoms with Crippen LogP contribution in [0.1, 0.15) is 26.3 Å². The van der Waals surface area contributed by atoms with Gasteiger partial charge in [-0.1, -0.05) is 32.0 Å². The third kappa shape index (κ3) is 4.23. The van der Waals surface area contributed by atoms with Crippen molar-refractivity contribution < 1.29 is 22.7 Å². The molecule has 8 heteroatoms. The first-order valence-corrected chi connectivity index (χ1v) is 11.1. The molecule has 2 unspecified atom stereocenters. The molecule has 0 saturated carbocycles. The number of sulfonamides is 1. The molecule has 2 aromatic carbocycles. The van der Waals surface area contributed by atoms with E-state index in [4.69, 9.17) is 9.47 Å². The van der Waals surface area contributed by atoms with Gasteiger partial charge in [0.15, 0.2) is 11.5 Å². The Morgan fingerprint density at radius 2 is 1.69 bits per heavy atom. The number of ether oxygens (including phenoxy) is 2. The Labute approximate surface area is 171 Å². The fourth-order valence-corrected chi connectivity index (χ4v) is 4.99. The molecule has 0 aliphatic carbocycles. The topological polar surface area (TPSA) is 84.9 Å². The summed E-state index contributed by atoms with van der Waals surface area (Å²) in [6, 6.07) is 12.0. The fraction of sp³-hybridized carbons (Fsp3) is 0.381. The maximum atomic E-state index is 12.9. The standard InChI is InChI=1S/C21H26N2O5S/c1-5-23(6-2)29(25,26)19-13-16(12-11-14(19)3)22-21(24)20-15(4)27-17-9-7-8-10-18(17)28-20/h7-13,15,20H,5-6H2,1-4H3,(H,22,24). The zero-order valence-electron chi connectivity index (χ0n) is 17.0.